The zero-order chi connectivity index (χ0) is 16.9. The lowest BCUT2D eigenvalue weighted by Gasteiger charge is -2.18. The van der Waals surface area contributed by atoms with E-state index < -0.39 is 0 Å². The van der Waals surface area contributed by atoms with Crippen LogP contribution in [0.15, 0.2) is 72.8 Å². The molecule has 0 bridgehead atoms. The molecule has 0 saturated heterocycles. The highest BCUT2D eigenvalue weighted by Crippen LogP contribution is 2.27. The molecule has 0 aromatic heterocycles. The summed E-state index contributed by atoms with van der Waals surface area (Å²) in [5, 5.41) is 13.0. The molecule has 3 aromatic rings. The van der Waals surface area contributed by atoms with Crippen LogP contribution in [0.4, 0.5) is 5.69 Å². The van der Waals surface area contributed by atoms with Gasteiger partial charge in [0.25, 0.3) is 0 Å². The molecular formula is C21H22NOP. The van der Waals surface area contributed by atoms with Crippen LogP contribution in [0, 0.1) is 0 Å². The van der Waals surface area contributed by atoms with Crippen LogP contribution >= 0.6 is 8.58 Å². The van der Waals surface area contributed by atoms with Crippen molar-refractivity contribution >= 4 is 24.9 Å². The quantitative estimate of drug-likeness (QED) is 0.719. The van der Waals surface area contributed by atoms with Crippen LogP contribution in [0.1, 0.15) is 11.1 Å². The Balaban J connectivity index is 1.89. The van der Waals surface area contributed by atoms with E-state index in [0.29, 0.717) is 14.3 Å². The van der Waals surface area contributed by atoms with Crippen molar-refractivity contribution in [3.8, 4) is 5.75 Å². The van der Waals surface area contributed by atoms with Gasteiger partial charge < -0.3 is 10.0 Å². The molecule has 0 spiro atoms. The summed E-state index contributed by atoms with van der Waals surface area (Å²) in [6.45, 7) is 0. The van der Waals surface area contributed by atoms with Gasteiger partial charge in [0.15, 0.2) is 0 Å². The van der Waals surface area contributed by atoms with Gasteiger partial charge in [-0.15, -0.1) is 0 Å². The lowest BCUT2D eigenvalue weighted by atomic mass is 10.0. The molecule has 122 valence electrons. The second-order valence-electron chi connectivity index (χ2n) is 6.01. The van der Waals surface area contributed by atoms with Crippen LogP contribution < -0.4 is 15.5 Å². The van der Waals surface area contributed by atoms with E-state index in [1.165, 1.54) is 16.6 Å². The van der Waals surface area contributed by atoms with E-state index in [1.807, 2.05) is 36.4 Å². The Morgan fingerprint density at radius 3 is 2.21 bits per heavy atom. The van der Waals surface area contributed by atoms with E-state index >= 15 is 0 Å². The summed E-state index contributed by atoms with van der Waals surface area (Å²) in [4.78, 5) is 2.12. The third-order valence-corrected chi connectivity index (χ3v) is 5.38. The molecule has 1 unspecified atom stereocenters. The summed E-state index contributed by atoms with van der Waals surface area (Å²) in [6.07, 6.45) is 0.750. The van der Waals surface area contributed by atoms with Crippen molar-refractivity contribution < 1.29 is 5.11 Å². The van der Waals surface area contributed by atoms with Crippen molar-refractivity contribution in [2.45, 2.75) is 6.42 Å². The van der Waals surface area contributed by atoms with Crippen molar-refractivity contribution in [2.75, 3.05) is 19.0 Å². The van der Waals surface area contributed by atoms with Crippen molar-refractivity contribution in [1.82, 2.24) is 0 Å². The second kappa shape index (κ2) is 7.51. The molecule has 0 aliphatic heterocycles. The van der Waals surface area contributed by atoms with Gasteiger partial charge in [0, 0.05) is 36.8 Å². The Hall–Kier alpha value is -2.31. The Morgan fingerprint density at radius 1 is 0.792 bits per heavy atom. The van der Waals surface area contributed by atoms with Gasteiger partial charge in [0.2, 0.25) is 0 Å². The number of hydrogen-bond donors (Lipinski definition) is 1. The lowest BCUT2D eigenvalue weighted by molar-refractivity contribution is 0.474. The molecule has 3 heteroatoms. The molecular weight excluding hydrogens is 313 g/mol. The highest BCUT2D eigenvalue weighted by atomic mass is 31.1. The van der Waals surface area contributed by atoms with Crippen LogP contribution in [-0.4, -0.2) is 19.2 Å². The van der Waals surface area contributed by atoms with Gasteiger partial charge in [0.1, 0.15) is 5.75 Å². The number of aromatic hydroxyl groups is 1. The van der Waals surface area contributed by atoms with Crippen molar-refractivity contribution in [2.24, 2.45) is 0 Å². The number of rotatable bonds is 5. The van der Waals surface area contributed by atoms with Crippen molar-refractivity contribution in [3.63, 3.8) is 0 Å². The molecule has 3 aromatic carbocycles. The zero-order valence-corrected chi connectivity index (χ0v) is 15.0. The molecule has 0 aliphatic rings. The SMILES string of the molecule is CN(C)c1ccccc1Pc1cccc(Cc2ccccc2)c1O. The van der Waals surface area contributed by atoms with E-state index in [-0.39, 0.29) is 0 Å². The van der Waals surface area contributed by atoms with Crippen LogP contribution in [0.25, 0.3) is 0 Å². The van der Waals surface area contributed by atoms with Gasteiger partial charge in [-0.25, -0.2) is 0 Å². The summed E-state index contributed by atoms with van der Waals surface area (Å²) in [6, 6.07) is 24.7. The molecule has 24 heavy (non-hydrogen) atoms. The topological polar surface area (TPSA) is 23.5 Å². The first-order chi connectivity index (χ1) is 11.6. The van der Waals surface area contributed by atoms with Crippen LogP contribution in [0.2, 0.25) is 0 Å². The number of phenols is 1. The number of anilines is 1. The van der Waals surface area contributed by atoms with Gasteiger partial charge in [-0.1, -0.05) is 75.3 Å². The molecule has 0 radical (unpaired) electrons. The number of hydrogen-bond acceptors (Lipinski definition) is 2. The van der Waals surface area contributed by atoms with Gasteiger partial charge in [-0.2, -0.15) is 0 Å². The van der Waals surface area contributed by atoms with Crippen LogP contribution in [-0.2, 0) is 6.42 Å². The van der Waals surface area contributed by atoms with Crippen LogP contribution in [0.3, 0.4) is 0 Å². The fraction of sp³-hybridized carbons (Fsp3) is 0.143. The largest absolute Gasteiger partial charge is 0.507 e. The highest BCUT2D eigenvalue weighted by Gasteiger charge is 2.11. The molecule has 0 aliphatic carbocycles. The minimum absolute atomic E-state index is 0.424. The average molecular weight is 335 g/mol. The van der Waals surface area contributed by atoms with E-state index in [2.05, 4.69) is 55.4 Å². The number of phenolic OH excluding ortho intramolecular Hbond substituents is 1. The maximum atomic E-state index is 10.7. The Bertz CT molecular complexity index is 815. The second-order valence-corrected chi connectivity index (χ2v) is 7.34. The summed E-state index contributed by atoms with van der Waals surface area (Å²) in [5.74, 6) is 0.424. The van der Waals surface area contributed by atoms with E-state index in [4.69, 9.17) is 0 Å². The molecule has 0 heterocycles. The number of benzene rings is 3. The first-order valence-electron chi connectivity index (χ1n) is 8.03. The third kappa shape index (κ3) is 3.77. The first kappa shape index (κ1) is 16.5. The van der Waals surface area contributed by atoms with Crippen molar-refractivity contribution in [3.05, 3.63) is 83.9 Å². The molecule has 2 nitrogen and oxygen atoms in total. The fourth-order valence-electron chi connectivity index (χ4n) is 2.77. The van der Waals surface area contributed by atoms with E-state index in [0.717, 1.165) is 17.3 Å². The van der Waals surface area contributed by atoms with Gasteiger partial charge in [-0.05, 0) is 17.2 Å². The molecule has 1 N–H and O–H groups in total. The summed E-state index contributed by atoms with van der Waals surface area (Å²) in [7, 11) is 4.53. The van der Waals surface area contributed by atoms with Gasteiger partial charge >= 0.3 is 0 Å². The minimum atomic E-state index is 0.424. The summed E-state index contributed by atoms with van der Waals surface area (Å²) < 4.78 is 0. The molecule has 0 saturated carbocycles. The maximum absolute atomic E-state index is 10.7. The standard InChI is InChI=1S/C21H22NOP/c1-22(2)18-12-6-7-13-19(18)24-20-14-8-11-17(21(20)23)15-16-9-4-3-5-10-16/h3-14,23-24H,15H2,1-2H3. The van der Waals surface area contributed by atoms with Crippen LogP contribution in [0.5, 0.6) is 5.75 Å². The minimum Gasteiger partial charge on any atom is -0.507 e. The van der Waals surface area contributed by atoms with Gasteiger partial charge in [0.05, 0.1) is 0 Å². The number of para-hydroxylation sites is 2. The third-order valence-electron chi connectivity index (χ3n) is 4.01. The summed E-state index contributed by atoms with van der Waals surface area (Å²) >= 11 is 0. The predicted molar refractivity (Wildman–Crippen MR) is 106 cm³/mol. The van der Waals surface area contributed by atoms with Crippen molar-refractivity contribution in [1.29, 1.82) is 0 Å². The predicted octanol–water partition coefficient (Wildman–Crippen LogP) is 3.68. The van der Waals surface area contributed by atoms with E-state index in [1.54, 1.807) is 0 Å². The molecule has 3 rings (SSSR count). The molecule has 0 fully saturated rings. The molecule has 0 amide bonds. The zero-order valence-electron chi connectivity index (χ0n) is 14.0. The first-order valence-corrected chi connectivity index (χ1v) is 9.03. The Labute approximate surface area is 145 Å². The van der Waals surface area contributed by atoms with Gasteiger partial charge in [-0.3, -0.25) is 0 Å². The normalized spacial score (nSPS) is 11.1. The lowest BCUT2D eigenvalue weighted by Crippen LogP contribution is -2.17. The number of nitrogens with zero attached hydrogens (tertiary/aromatic N) is 1. The van der Waals surface area contributed by atoms with E-state index in [9.17, 15) is 5.11 Å². The fourth-order valence-corrected chi connectivity index (χ4v) is 4.13. The Morgan fingerprint density at radius 2 is 1.46 bits per heavy atom. The summed E-state index contributed by atoms with van der Waals surface area (Å²) in [5.41, 5.74) is 3.39. The smallest absolute Gasteiger partial charge is 0.126 e. The molecule has 1 atom stereocenters. The average Bonchev–Trinajstić information content (AvgIpc) is 2.60. The maximum Gasteiger partial charge on any atom is 0.126 e. The monoisotopic (exact) mass is 335 g/mol. The Kier molecular flexibility index (Phi) is 5.17. The highest BCUT2D eigenvalue weighted by molar-refractivity contribution is 7.56.